The van der Waals surface area contributed by atoms with Crippen LogP contribution in [0.4, 0.5) is 4.39 Å². The van der Waals surface area contributed by atoms with Crippen molar-refractivity contribution >= 4 is 5.91 Å². The Morgan fingerprint density at radius 1 is 1.36 bits per heavy atom. The third-order valence-corrected chi connectivity index (χ3v) is 7.86. The van der Waals surface area contributed by atoms with E-state index in [1.54, 1.807) is 11.7 Å². The molecular weight excluding hydrogens is 357 g/mol. The first kappa shape index (κ1) is 18.5. The Morgan fingerprint density at radius 2 is 2.11 bits per heavy atom. The van der Waals surface area contributed by atoms with Crippen molar-refractivity contribution in [2.24, 2.45) is 17.3 Å². The maximum absolute atomic E-state index is 15.4. The highest BCUT2D eigenvalue weighted by Crippen LogP contribution is 2.63. The second-order valence-electron chi connectivity index (χ2n) is 10.1. The lowest BCUT2D eigenvalue weighted by molar-refractivity contribution is -0.136. The first-order chi connectivity index (χ1) is 13.4. The zero-order valence-electron chi connectivity index (χ0n) is 16.6. The van der Waals surface area contributed by atoms with Crippen LogP contribution in [0.2, 0.25) is 0 Å². The number of rotatable bonds is 4. The molecule has 5 nitrogen and oxygen atoms in total. The summed E-state index contributed by atoms with van der Waals surface area (Å²) < 4.78 is 15.4. The van der Waals surface area contributed by atoms with Crippen LogP contribution in [0.3, 0.4) is 0 Å². The molecule has 0 saturated heterocycles. The van der Waals surface area contributed by atoms with Crippen LogP contribution in [0.1, 0.15) is 73.5 Å². The highest BCUT2D eigenvalue weighted by Gasteiger charge is 2.58. The lowest BCUT2D eigenvalue weighted by atomic mass is 9.48. The van der Waals surface area contributed by atoms with Crippen molar-refractivity contribution in [3.63, 3.8) is 0 Å². The number of aromatic nitrogens is 1. The summed E-state index contributed by atoms with van der Waals surface area (Å²) >= 11 is 0. The second-order valence-corrected chi connectivity index (χ2v) is 10.1. The molecule has 6 heteroatoms. The molecule has 3 atom stereocenters. The fourth-order valence-electron chi connectivity index (χ4n) is 7.29. The van der Waals surface area contributed by atoms with Crippen LogP contribution in [0.15, 0.2) is 12.3 Å². The summed E-state index contributed by atoms with van der Waals surface area (Å²) in [4.78, 5) is 18.8. The number of fused-ring (bicyclic) bond motifs is 1. The number of carbonyl (C=O) groups is 1. The SMILES string of the molecule is CC[C@H]1Cc2ncc(C(=O)NO)cc2CN1CC12CC3CC(CC(F)(C3)C1)C2. The molecule has 4 bridgehead atoms. The number of alkyl halides is 1. The molecule has 1 aliphatic heterocycles. The summed E-state index contributed by atoms with van der Waals surface area (Å²) in [6.45, 7) is 3.93. The second kappa shape index (κ2) is 6.49. The molecular formula is C22H30FN3O2. The van der Waals surface area contributed by atoms with Crippen molar-refractivity contribution in [1.29, 1.82) is 0 Å². The zero-order valence-corrected chi connectivity index (χ0v) is 16.6. The molecule has 2 N–H and O–H groups in total. The van der Waals surface area contributed by atoms with Crippen LogP contribution in [0.25, 0.3) is 0 Å². The first-order valence-electron chi connectivity index (χ1n) is 10.8. The minimum absolute atomic E-state index is 0.122. The summed E-state index contributed by atoms with van der Waals surface area (Å²) in [6, 6.07) is 2.27. The lowest BCUT2D eigenvalue weighted by Crippen LogP contribution is -2.58. The fraction of sp³-hybridized carbons (Fsp3) is 0.727. The molecule has 0 radical (unpaired) electrons. The monoisotopic (exact) mass is 387 g/mol. The fourth-order valence-corrected chi connectivity index (χ4v) is 7.29. The number of halogens is 1. The highest BCUT2D eigenvalue weighted by molar-refractivity contribution is 5.93. The number of nitrogens with one attached hydrogen (secondary N) is 1. The Balaban J connectivity index is 1.40. The normalized spacial score (nSPS) is 39.0. The lowest BCUT2D eigenvalue weighted by Gasteiger charge is -2.60. The molecule has 2 unspecified atom stereocenters. The topological polar surface area (TPSA) is 65.5 Å². The van der Waals surface area contributed by atoms with E-state index in [1.807, 2.05) is 6.07 Å². The van der Waals surface area contributed by atoms with E-state index >= 15 is 4.39 Å². The maximum atomic E-state index is 15.4. The molecule has 4 fully saturated rings. The molecule has 6 rings (SSSR count). The third-order valence-electron chi connectivity index (χ3n) is 7.86. The van der Waals surface area contributed by atoms with E-state index in [1.165, 1.54) is 19.3 Å². The van der Waals surface area contributed by atoms with E-state index in [2.05, 4.69) is 16.8 Å². The van der Waals surface area contributed by atoms with Crippen LogP contribution in [-0.2, 0) is 13.0 Å². The van der Waals surface area contributed by atoms with Gasteiger partial charge < -0.3 is 0 Å². The predicted octanol–water partition coefficient (Wildman–Crippen LogP) is 3.65. The van der Waals surface area contributed by atoms with Crippen molar-refractivity contribution in [3.8, 4) is 0 Å². The average molecular weight is 387 g/mol. The average Bonchev–Trinajstić information content (AvgIpc) is 2.64. The van der Waals surface area contributed by atoms with E-state index < -0.39 is 11.6 Å². The number of hydrogen-bond donors (Lipinski definition) is 2. The maximum Gasteiger partial charge on any atom is 0.276 e. The van der Waals surface area contributed by atoms with Crippen LogP contribution in [0, 0.1) is 17.3 Å². The van der Waals surface area contributed by atoms with E-state index in [9.17, 15) is 4.79 Å². The summed E-state index contributed by atoms with van der Waals surface area (Å²) in [5.74, 6) is 0.620. The standard InChI is InChI=1S/C22H30FN3O2/c1-2-18-5-19-17(4-16(10-24-19)20(27)25-28)11-26(18)13-21-6-14-3-15(7-21)9-22(23,8-14)12-21/h4,10,14-15,18,28H,2-3,5-9,11-13H2,1H3,(H,25,27)/t14?,15?,18-,21?,22?/m0/s1. The predicted molar refractivity (Wildman–Crippen MR) is 103 cm³/mol. The summed E-state index contributed by atoms with van der Waals surface area (Å²) in [6.07, 6.45) is 9.36. The molecule has 5 aliphatic rings. The number of carbonyl (C=O) groups excluding carboxylic acids is 1. The van der Waals surface area contributed by atoms with Crippen molar-refractivity contribution in [2.75, 3.05) is 6.54 Å². The zero-order chi connectivity index (χ0) is 19.5. The van der Waals surface area contributed by atoms with Crippen LogP contribution >= 0.6 is 0 Å². The Labute approximate surface area is 165 Å². The molecule has 28 heavy (non-hydrogen) atoms. The molecule has 1 aromatic rings. The van der Waals surface area contributed by atoms with Gasteiger partial charge in [0, 0.05) is 37.4 Å². The summed E-state index contributed by atoms with van der Waals surface area (Å²) in [5.41, 5.74) is 3.38. The number of hydroxylamine groups is 1. The summed E-state index contributed by atoms with van der Waals surface area (Å²) in [5, 5.41) is 8.92. The van der Waals surface area contributed by atoms with Gasteiger partial charge in [-0.05, 0) is 73.8 Å². The van der Waals surface area contributed by atoms with Crippen molar-refractivity contribution < 1.29 is 14.4 Å². The van der Waals surface area contributed by atoms with Gasteiger partial charge in [-0.15, -0.1) is 0 Å². The van der Waals surface area contributed by atoms with Gasteiger partial charge in [0.05, 0.1) is 5.56 Å². The van der Waals surface area contributed by atoms with Crippen molar-refractivity contribution in [2.45, 2.75) is 76.5 Å². The van der Waals surface area contributed by atoms with Gasteiger partial charge in [0.2, 0.25) is 0 Å². The molecule has 152 valence electrons. The van der Waals surface area contributed by atoms with Gasteiger partial charge in [-0.25, -0.2) is 9.87 Å². The van der Waals surface area contributed by atoms with E-state index in [4.69, 9.17) is 5.21 Å². The first-order valence-corrected chi connectivity index (χ1v) is 10.8. The van der Waals surface area contributed by atoms with Crippen molar-refractivity contribution in [1.82, 2.24) is 15.4 Å². The smallest absolute Gasteiger partial charge is 0.276 e. The Bertz CT molecular complexity index is 784. The highest BCUT2D eigenvalue weighted by atomic mass is 19.1. The summed E-state index contributed by atoms with van der Waals surface area (Å²) in [7, 11) is 0. The quantitative estimate of drug-likeness (QED) is 0.611. The van der Waals surface area contributed by atoms with Crippen molar-refractivity contribution in [3.05, 3.63) is 29.1 Å². The molecule has 4 aliphatic carbocycles. The van der Waals surface area contributed by atoms with E-state index in [-0.39, 0.29) is 5.41 Å². The Kier molecular flexibility index (Phi) is 4.29. The van der Waals surface area contributed by atoms with Gasteiger partial charge in [-0.1, -0.05) is 6.92 Å². The minimum atomic E-state index is -0.923. The van der Waals surface area contributed by atoms with Gasteiger partial charge >= 0.3 is 0 Å². The molecule has 2 heterocycles. The van der Waals surface area contributed by atoms with Crippen LogP contribution in [0.5, 0.6) is 0 Å². The molecule has 1 amide bonds. The Morgan fingerprint density at radius 3 is 2.75 bits per heavy atom. The molecule has 1 aromatic heterocycles. The van der Waals surface area contributed by atoms with Crippen LogP contribution in [-0.4, -0.2) is 39.3 Å². The third kappa shape index (κ3) is 3.05. The minimum Gasteiger partial charge on any atom is -0.295 e. The largest absolute Gasteiger partial charge is 0.295 e. The number of pyridine rings is 1. The van der Waals surface area contributed by atoms with E-state index in [0.717, 1.165) is 56.5 Å². The molecule has 0 spiro atoms. The number of hydrogen-bond acceptors (Lipinski definition) is 4. The van der Waals surface area contributed by atoms with Crippen LogP contribution < -0.4 is 5.48 Å². The van der Waals surface area contributed by atoms with Gasteiger partial charge in [0.1, 0.15) is 5.67 Å². The van der Waals surface area contributed by atoms with Gasteiger partial charge in [-0.3, -0.25) is 19.9 Å². The van der Waals surface area contributed by atoms with E-state index in [0.29, 0.717) is 23.4 Å². The molecule has 4 saturated carbocycles. The Hall–Kier alpha value is -1.53. The number of amides is 1. The van der Waals surface area contributed by atoms with Gasteiger partial charge in [0.15, 0.2) is 0 Å². The van der Waals surface area contributed by atoms with Gasteiger partial charge in [0.25, 0.3) is 5.91 Å². The molecule has 0 aromatic carbocycles. The number of nitrogens with zero attached hydrogens (tertiary/aromatic N) is 2. The van der Waals surface area contributed by atoms with Gasteiger partial charge in [-0.2, -0.15) is 0 Å².